The molecule has 4 nitrogen and oxygen atoms in total. The second-order valence-corrected chi connectivity index (χ2v) is 4.63. The molecule has 102 valence electrons. The average molecular weight is 276 g/mol. The molecule has 0 atom stereocenters. The van der Waals surface area contributed by atoms with Crippen LogP contribution in [0.4, 0.5) is 0 Å². The van der Waals surface area contributed by atoms with Gasteiger partial charge in [-0.2, -0.15) is 5.26 Å². The van der Waals surface area contributed by atoms with Crippen LogP contribution >= 0.6 is 0 Å². The molecule has 3 aromatic rings. The van der Waals surface area contributed by atoms with Crippen LogP contribution in [0.5, 0.6) is 5.75 Å². The van der Waals surface area contributed by atoms with Gasteiger partial charge in [-0.3, -0.25) is 4.79 Å². The zero-order valence-corrected chi connectivity index (χ0v) is 11.4. The molecule has 0 fully saturated rings. The summed E-state index contributed by atoms with van der Waals surface area (Å²) in [5.41, 5.74) is 2.56. The van der Waals surface area contributed by atoms with Crippen molar-refractivity contribution < 1.29 is 9.53 Å². The number of ketones is 1. The van der Waals surface area contributed by atoms with Crippen LogP contribution in [0, 0.1) is 11.3 Å². The first-order valence-corrected chi connectivity index (χ1v) is 6.43. The highest BCUT2D eigenvalue weighted by molar-refractivity contribution is 6.16. The highest BCUT2D eigenvalue weighted by Gasteiger charge is 2.14. The summed E-state index contributed by atoms with van der Waals surface area (Å²) in [6.45, 7) is 0. The van der Waals surface area contributed by atoms with Crippen LogP contribution in [0.3, 0.4) is 0 Å². The van der Waals surface area contributed by atoms with E-state index in [2.05, 4.69) is 4.98 Å². The molecule has 3 rings (SSSR count). The standard InChI is InChI=1S/C17H12N2O2/c1-21-13-6-7-16-14(8-13)15(10-19-16)17(20)12-4-2-11(9-18)3-5-12/h2-8,10,19H,1H3. The molecule has 0 unspecified atom stereocenters. The summed E-state index contributed by atoms with van der Waals surface area (Å²) in [4.78, 5) is 15.7. The van der Waals surface area contributed by atoms with Gasteiger partial charge < -0.3 is 9.72 Å². The lowest BCUT2D eigenvalue weighted by Crippen LogP contribution is -2.00. The second kappa shape index (κ2) is 5.14. The summed E-state index contributed by atoms with van der Waals surface area (Å²) in [5.74, 6) is 0.620. The smallest absolute Gasteiger partial charge is 0.195 e. The van der Waals surface area contributed by atoms with Gasteiger partial charge in [0.05, 0.1) is 18.7 Å². The molecule has 0 aliphatic heterocycles. The Kier molecular flexibility index (Phi) is 3.17. The molecule has 21 heavy (non-hydrogen) atoms. The van der Waals surface area contributed by atoms with Gasteiger partial charge in [-0.1, -0.05) is 0 Å². The van der Waals surface area contributed by atoms with E-state index < -0.39 is 0 Å². The van der Waals surface area contributed by atoms with Gasteiger partial charge in [0.25, 0.3) is 0 Å². The molecule has 0 saturated heterocycles. The number of aromatic amines is 1. The van der Waals surface area contributed by atoms with Crippen molar-refractivity contribution in [2.24, 2.45) is 0 Å². The third-order valence-electron chi connectivity index (χ3n) is 3.41. The van der Waals surface area contributed by atoms with Crippen LogP contribution in [0.15, 0.2) is 48.7 Å². The lowest BCUT2D eigenvalue weighted by atomic mass is 10.0. The summed E-state index contributed by atoms with van der Waals surface area (Å²) in [5, 5.41) is 9.62. The van der Waals surface area contributed by atoms with E-state index in [1.54, 1.807) is 37.6 Å². The Hall–Kier alpha value is -3.06. The largest absolute Gasteiger partial charge is 0.497 e. The van der Waals surface area contributed by atoms with Gasteiger partial charge >= 0.3 is 0 Å². The summed E-state index contributed by atoms with van der Waals surface area (Å²) in [7, 11) is 1.59. The summed E-state index contributed by atoms with van der Waals surface area (Å²) >= 11 is 0. The number of nitrogens with one attached hydrogen (secondary N) is 1. The van der Waals surface area contributed by atoms with Crippen LogP contribution in [0.2, 0.25) is 0 Å². The predicted molar refractivity (Wildman–Crippen MR) is 79.4 cm³/mol. The van der Waals surface area contributed by atoms with E-state index in [0.717, 1.165) is 10.9 Å². The summed E-state index contributed by atoms with van der Waals surface area (Å²) in [6, 6.07) is 14.2. The Morgan fingerprint density at radius 2 is 1.95 bits per heavy atom. The van der Waals surface area contributed by atoms with Crippen LogP contribution in [-0.2, 0) is 0 Å². The van der Waals surface area contributed by atoms with E-state index >= 15 is 0 Å². The Labute approximate surface area is 121 Å². The minimum atomic E-state index is -0.0843. The number of hydrogen-bond donors (Lipinski definition) is 1. The topological polar surface area (TPSA) is 65.9 Å². The number of fused-ring (bicyclic) bond motifs is 1. The molecular formula is C17H12N2O2. The maximum atomic E-state index is 12.6. The highest BCUT2D eigenvalue weighted by Crippen LogP contribution is 2.25. The zero-order chi connectivity index (χ0) is 14.8. The van der Waals surface area contributed by atoms with E-state index in [4.69, 9.17) is 10.00 Å². The number of hydrogen-bond acceptors (Lipinski definition) is 3. The Bertz CT molecular complexity index is 855. The highest BCUT2D eigenvalue weighted by atomic mass is 16.5. The number of nitriles is 1. The number of carbonyl (C=O) groups is 1. The minimum Gasteiger partial charge on any atom is -0.497 e. The molecule has 1 heterocycles. The second-order valence-electron chi connectivity index (χ2n) is 4.63. The predicted octanol–water partition coefficient (Wildman–Crippen LogP) is 3.28. The van der Waals surface area contributed by atoms with Gasteiger partial charge in [0.15, 0.2) is 5.78 Å². The fourth-order valence-electron chi connectivity index (χ4n) is 2.27. The molecule has 0 aliphatic carbocycles. The molecule has 2 aromatic carbocycles. The third-order valence-corrected chi connectivity index (χ3v) is 3.41. The molecule has 1 N–H and O–H groups in total. The number of ether oxygens (including phenoxy) is 1. The fraction of sp³-hybridized carbons (Fsp3) is 0.0588. The minimum absolute atomic E-state index is 0.0843. The first kappa shape index (κ1) is 12.9. The van der Waals surface area contributed by atoms with Gasteiger partial charge in [-0.05, 0) is 42.5 Å². The van der Waals surface area contributed by atoms with Crippen LogP contribution in [-0.4, -0.2) is 17.9 Å². The van der Waals surface area contributed by atoms with Gasteiger partial charge in [0.2, 0.25) is 0 Å². The molecule has 0 aliphatic rings. The third kappa shape index (κ3) is 2.26. The molecule has 4 heteroatoms. The number of nitrogens with zero attached hydrogens (tertiary/aromatic N) is 1. The van der Waals surface area contributed by atoms with E-state index in [1.807, 2.05) is 24.3 Å². The van der Waals surface area contributed by atoms with E-state index in [1.165, 1.54) is 0 Å². The molecular weight excluding hydrogens is 264 g/mol. The van der Waals surface area contributed by atoms with Crippen molar-refractivity contribution in [3.8, 4) is 11.8 Å². The van der Waals surface area contributed by atoms with Gasteiger partial charge in [0.1, 0.15) is 5.75 Å². The normalized spacial score (nSPS) is 10.3. The summed E-state index contributed by atoms with van der Waals surface area (Å²) < 4.78 is 5.20. The molecule has 0 spiro atoms. The molecule has 0 bridgehead atoms. The van der Waals surface area contributed by atoms with Gasteiger partial charge in [-0.25, -0.2) is 0 Å². The number of aromatic nitrogens is 1. The molecule has 0 saturated carbocycles. The summed E-state index contributed by atoms with van der Waals surface area (Å²) in [6.07, 6.45) is 1.70. The molecule has 0 radical (unpaired) electrons. The SMILES string of the molecule is COc1ccc2[nH]cc(C(=O)c3ccc(C#N)cc3)c2c1. The number of methoxy groups -OCH3 is 1. The number of rotatable bonds is 3. The van der Waals surface area contributed by atoms with Crippen molar-refractivity contribution in [3.05, 3.63) is 65.4 Å². The van der Waals surface area contributed by atoms with E-state index in [0.29, 0.717) is 22.4 Å². The van der Waals surface area contributed by atoms with Crippen molar-refractivity contribution in [2.75, 3.05) is 7.11 Å². The molecule has 1 aromatic heterocycles. The van der Waals surface area contributed by atoms with Crippen molar-refractivity contribution >= 4 is 16.7 Å². The quantitative estimate of drug-likeness (QED) is 0.746. The van der Waals surface area contributed by atoms with Crippen LogP contribution < -0.4 is 4.74 Å². The molecule has 0 amide bonds. The van der Waals surface area contributed by atoms with Gasteiger partial charge in [0, 0.05) is 28.2 Å². The average Bonchev–Trinajstić information content (AvgIpc) is 2.97. The van der Waals surface area contributed by atoms with Crippen molar-refractivity contribution in [1.82, 2.24) is 4.98 Å². The first-order chi connectivity index (χ1) is 10.2. The number of benzene rings is 2. The fourth-order valence-corrected chi connectivity index (χ4v) is 2.27. The lowest BCUT2D eigenvalue weighted by molar-refractivity contribution is 0.104. The van der Waals surface area contributed by atoms with Crippen LogP contribution in [0.1, 0.15) is 21.5 Å². The van der Waals surface area contributed by atoms with E-state index in [9.17, 15) is 4.79 Å². The van der Waals surface area contributed by atoms with Crippen molar-refractivity contribution in [3.63, 3.8) is 0 Å². The van der Waals surface area contributed by atoms with Crippen molar-refractivity contribution in [2.45, 2.75) is 0 Å². The Morgan fingerprint density at radius 1 is 1.19 bits per heavy atom. The maximum Gasteiger partial charge on any atom is 0.195 e. The van der Waals surface area contributed by atoms with Crippen molar-refractivity contribution in [1.29, 1.82) is 5.26 Å². The number of H-pyrrole nitrogens is 1. The van der Waals surface area contributed by atoms with Crippen LogP contribution in [0.25, 0.3) is 10.9 Å². The Balaban J connectivity index is 2.06. The number of carbonyl (C=O) groups excluding carboxylic acids is 1. The maximum absolute atomic E-state index is 12.6. The Morgan fingerprint density at radius 3 is 2.62 bits per heavy atom. The van der Waals surface area contributed by atoms with E-state index in [-0.39, 0.29) is 5.78 Å². The monoisotopic (exact) mass is 276 g/mol. The zero-order valence-electron chi connectivity index (χ0n) is 11.4. The van der Waals surface area contributed by atoms with Gasteiger partial charge in [-0.15, -0.1) is 0 Å². The lowest BCUT2D eigenvalue weighted by Gasteiger charge is -2.02. The first-order valence-electron chi connectivity index (χ1n) is 6.43.